The fourth-order valence-corrected chi connectivity index (χ4v) is 3.52. The number of carbonyl (C=O) groups is 1. The molecule has 0 spiro atoms. The van der Waals surface area contributed by atoms with E-state index in [-0.39, 0.29) is 28.7 Å². The molecule has 11 heteroatoms. The number of alkyl halides is 3. The summed E-state index contributed by atoms with van der Waals surface area (Å²) in [5, 5.41) is 2.72. The molecule has 1 N–H and O–H groups in total. The zero-order valence-electron chi connectivity index (χ0n) is 18.2. The van der Waals surface area contributed by atoms with Crippen LogP contribution in [-0.4, -0.2) is 52.2 Å². The number of aromatic nitrogens is 2. The molecule has 1 saturated heterocycles. The number of amides is 1. The highest BCUT2D eigenvalue weighted by atomic mass is 35.5. The molecule has 0 unspecified atom stereocenters. The van der Waals surface area contributed by atoms with Gasteiger partial charge >= 0.3 is 12.3 Å². The summed E-state index contributed by atoms with van der Waals surface area (Å²) in [6, 6.07) is 4.51. The molecule has 1 fully saturated rings. The number of nitrogens with one attached hydrogen (secondary N) is 1. The van der Waals surface area contributed by atoms with E-state index in [4.69, 9.17) is 16.3 Å². The largest absolute Gasteiger partial charge is 0.444 e. The fourth-order valence-electron chi connectivity index (χ4n) is 3.36. The van der Waals surface area contributed by atoms with Crippen LogP contribution < -0.4 is 10.2 Å². The van der Waals surface area contributed by atoms with Crippen LogP contribution in [-0.2, 0) is 10.9 Å². The molecule has 174 valence electrons. The topological polar surface area (TPSA) is 70.6 Å². The highest BCUT2D eigenvalue weighted by Gasteiger charge is 2.36. The van der Waals surface area contributed by atoms with Crippen LogP contribution in [0, 0.1) is 0 Å². The molecular weight excluding hydrogens is 447 g/mol. The van der Waals surface area contributed by atoms with E-state index in [1.165, 1.54) is 0 Å². The van der Waals surface area contributed by atoms with E-state index >= 15 is 0 Å². The molecule has 1 aliphatic heterocycles. The summed E-state index contributed by atoms with van der Waals surface area (Å²) >= 11 is 5.81. The lowest BCUT2D eigenvalue weighted by Gasteiger charge is -2.41. The zero-order valence-corrected chi connectivity index (χ0v) is 19.0. The smallest absolute Gasteiger partial charge is 0.435 e. The van der Waals surface area contributed by atoms with Crippen molar-refractivity contribution in [3.8, 4) is 0 Å². The van der Waals surface area contributed by atoms with Gasteiger partial charge in [0.05, 0.1) is 22.6 Å². The third-order valence-corrected chi connectivity index (χ3v) is 4.95. The molecule has 2 aromatic rings. The summed E-state index contributed by atoms with van der Waals surface area (Å²) < 4.78 is 45.0. The van der Waals surface area contributed by atoms with Crippen molar-refractivity contribution in [3.63, 3.8) is 0 Å². The van der Waals surface area contributed by atoms with Crippen LogP contribution in [0.5, 0.6) is 0 Å². The summed E-state index contributed by atoms with van der Waals surface area (Å²) in [5.74, 6) is 0.225. The number of halogens is 4. The normalized spacial score (nSPS) is 17.3. The fraction of sp³-hybridized carbons (Fsp3) is 0.476. The van der Waals surface area contributed by atoms with Crippen molar-refractivity contribution < 1.29 is 22.7 Å². The number of hydrogen-bond donors (Lipinski definition) is 1. The standard InChI is InChI=1S/C21H25ClF3N5O2/c1-13-12-29(19(31)32-20(2,3)4)7-8-30(13)15-5-6-17(26-11-15)28-16-9-14(22)10-27-18(16)21(23,24)25/h5-6,9-11,13H,7-8,12H2,1-4H3,(H,26,28)/t13-/m0/s1. The van der Waals surface area contributed by atoms with E-state index in [2.05, 4.69) is 20.2 Å². The average Bonchev–Trinajstić information content (AvgIpc) is 2.66. The Morgan fingerprint density at radius 1 is 1.19 bits per heavy atom. The van der Waals surface area contributed by atoms with Gasteiger partial charge in [-0.3, -0.25) is 0 Å². The van der Waals surface area contributed by atoms with Crippen molar-refractivity contribution in [2.75, 3.05) is 29.9 Å². The maximum absolute atomic E-state index is 13.2. The second kappa shape index (κ2) is 9.01. The third kappa shape index (κ3) is 5.93. The van der Waals surface area contributed by atoms with Gasteiger partial charge in [0, 0.05) is 31.9 Å². The second-order valence-corrected chi connectivity index (χ2v) is 8.98. The molecule has 1 aliphatic rings. The van der Waals surface area contributed by atoms with Crippen LogP contribution >= 0.6 is 11.6 Å². The number of pyridine rings is 2. The number of hydrogen-bond acceptors (Lipinski definition) is 6. The van der Waals surface area contributed by atoms with Gasteiger partial charge in [-0.2, -0.15) is 13.2 Å². The molecule has 1 atom stereocenters. The Balaban J connectivity index is 1.68. The highest BCUT2D eigenvalue weighted by molar-refractivity contribution is 6.30. The van der Waals surface area contributed by atoms with E-state index in [1.54, 1.807) is 23.2 Å². The first kappa shape index (κ1) is 23.9. The van der Waals surface area contributed by atoms with Crippen LogP contribution in [0.3, 0.4) is 0 Å². The van der Waals surface area contributed by atoms with Gasteiger partial charge in [-0.05, 0) is 45.9 Å². The van der Waals surface area contributed by atoms with Gasteiger partial charge in [-0.15, -0.1) is 0 Å². The second-order valence-electron chi connectivity index (χ2n) is 8.54. The molecule has 2 aromatic heterocycles. The van der Waals surface area contributed by atoms with E-state index in [9.17, 15) is 18.0 Å². The van der Waals surface area contributed by atoms with Crippen molar-refractivity contribution >= 4 is 34.9 Å². The lowest BCUT2D eigenvalue weighted by Crippen LogP contribution is -2.54. The molecule has 0 aromatic carbocycles. The van der Waals surface area contributed by atoms with Crippen molar-refractivity contribution in [2.24, 2.45) is 0 Å². The maximum Gasteiger partial charge on any atom is 0.435 e. The quantitative estimate of drug-likeness (QED) is 0.651. The lowest BCUT2D eigenvalue weighted by atomic mass is 10.1. The monoisotopic (exact) mass is 471 g/mol. The molecule has 0 aliphatic carbocycles. The van der Waals surface area contributed by atoms with Crippen molar-refractivity contribution in [1.82, 2.24) is 14.9 Å². The molecule has 0 radical (unpaired) electrons. The van der Waals surface area contributed by atoms with Crippen molar-refractivity contribution in [2.45, 2.75) is 45.5 Å². The van der Waals surface area contributed by atoms with Gasteiger partial charge in [0.2, 0.25) is 0 Å². The van der Waals surface area contributed by atoms with Crippen LogP contribution in [0.2, 0.25) is 5.02 Å². The van der Waals surface area contributed by atoms with Gasteiger partial charge in [-0.25, -0.2) is 14.8 Å². The Morgan fingerprint density at radius 2 is 1.91 bits per heavy atom. The predicted molar refractivity (Wildman–Crippen MR) is 116 cm³/mol. The van der Waals surface area contributed by atoms with E-state index in [0.29, 0.717) is 19.6 Å². The van der Waals surface area contributed by atoms with E-state index in [1.807, 2.05) is 27.7 Å². The Labute approximate surface area is 189 Å². The lowest BCUT2D eigenvalue weighted by molar-refractivity contribution is -0.140. The van der Waals surface area contributed by atoms with Gasteiger partial charge in [0.15, 0.2) is 5.69 Å². The average molecular weight is 472 g/mol. The molecule has 1 amide bonds. The molecule has 0 bridgehead atoms. The van der Waals surface area contributed by atoms with Crippen molar-refractivity contribution in [1.29, 1.82) is 0 Å². The Morgan fingerprint density at radius 3 is 2.47 bits per heavy atom. The molecule has 32 heavy (non-hydrogen) atoms. The molecule has 7 nitrogen and oxygen atoms in total. The summed E-state index contributed by atoms with van der Waals surface area (Å²) in [4.78, 5) is 23.7. The minimum Gasteiger partial charge on any atom is -0.444 e. The zero-order chi connectivity index (χ0) is 23.7. The SMILES string of the molecule is C[C@H]1CN(C(=O)OC(C)(C)C)CCN1c1ccc(Nc2cc(Cl)cnc2C(F)(F)F)nc1. The number of nitrogens with zero attached hydrogens (tertiary/aromatic N) is 4. The van der Waals surface area contributed by atoms with Crippen LogP contribution in [0.1, 0.15) is 33.4 Å². The van der Waals surface area contributed by atoms with Crippen LogP contribution in [0.4, 0.5) is 35.2 Å². The number of rotatable bonds is 3. The minimum absolute atomic E-state index is 0.00541. The van der Waals surface area contributed by atoms with E-state index in [0.717, 1.165) is 18.0 Å². The highest BCUT2D eigenvalue weighted by Crippen LogP contribution is 2.35. The van der Waals surface area contributed by atoms with Gasteiger partial charge < -0.3 is 19.9 Å². The van der Waals surface area contributed by atoms with Gasteiger partial charge in [0.1, 0.15) is 11.4 Å². The molecule has 3 heterocycles. The Hall–Kier alpha value is -2.75. The Kier molecular flexibility index (Phi) is 6.73. The minimum atomic E-state index is -4.63. The van der Waals surface area contributed by atoms with Gasteiger partial charge in [-0.1, -0.05) is 11.6 Å². The molecule has 3 rings (SSSR count). The summed E-state index contributed by atoms with van der Waals surface area (Å²) in [6.07, 6.45) is -2.45. The first-order chi connectivity index (χ1) is 14.8. The molecular formula is C21H25ClF3N5O2. The summed E-state index contributed by atoms with van der Waals surface area (Å²) in [7, 11) is 0. The van der Waals surface area contributed by atoms with E-state index < -0.39 is 17.5 Å². The number of carbonyl (C=O) groups excluding carboxylic acids is 1. The number of ether oxygens (including phenoxy) is 1. The molecule has 0 saturated carbocycles. The van der Waals surface area contributed by atoms with Crippen LogP contribution in [0.15, 0.2) is 30.6 Å². The first-order valence-corrected chi connectivity index (χ1v) is 10.4. The van der Waals surface area contributed by atoms with Crippen molar-refractivity contribution in [3.05, 3.63) is 41.3 Å². The Bertz CT molecular complexity index is 963. The predicted octanol–water partition coefficient (Wildman–Crippen LogP) is 5.34. The first-order valence-electron chi connectivity index (χ1n) is 10.0. The maximum atomic E-state index is 13.2. The van der Waals surface area contributed by atoms with Gasteiger partial charge in [0.25, 0.3) is 0 Å². The van der Waals surface area contributed by atoms with Crippen LogP contribution in [0.25, 0.3) is 0 Å². The summed E-state index contributed by atoms with van der Waals surface area (Å²) in [6.45, 7) is 9.00. The number of anilines is 3. The summed E-state index contributed by atoms with van der Waals surface area (Å²) in [5.41, 5.74) is -1.11. The third-order valence-electron chi connectivity index (χ3n) is 4.74. The number of piperazine rings is 1.